The number of alkyl halides is 2. The Labute approximate surface area is 270 Å². The summed E-state index contributed by atoms with van der Waals surface area (Å²) in [5.41, 5.74) is 5.15. The second kappa shape index (κ2) is 12.6. The van der Waals surface area contributed by atoms with Crippen LogP contribution >= 0.6 is 0 Å². The Hall–Kier alpha value is -5.07. The molecular weight excluding hydrogens is 606 g/mol. The Morgan fingerprint density at radius 2 is 1.91 bits per heavy atom. The maximum atomic E-state index is 14.7. The number of hydrogen-bond acceptors (Lipinski definition) is 8. The molecule has 1 atom stereocenters. The first-order valence-electron chi connectivity index (χ1n) is 16.0. The molecule has 244 valence electrons. The first-order chi connectivity index (χ1) is 22.7. The van der Waals surface area contributed by atoms with Crippen molar-refractivity contribution < 1.29 is 23.5 Å². The van der Waals surface area contributed by atoms with Crippen molar-refractivity contribution in [3.05, 3.63) is 71.7 Å². The molecule has 0 radical (unpaired) electrons. The number of amides is 1. The lowest BCUT2D eigenvalue weighted by atomic mass is 9.92. The number of hydrogen-bond donors (Lipinski definition) is 3. The Morgan fingerprint density at radius 1 is 1.09 bits per heavy atom. The summed E-state index contributed by atoms with van der Waals surface area (Å²) in [5, 5.41) is 27.9. The van der Waals surface area contributed by atoms with Crippen molar-refractivity contribution in [3.63, 3.8) is 0 Å². The summed E-state index contributed by atoms with van der Waals surface area (Å²) in [6.45, 7) is 4.80. The van der Waals surface area contributed by atoms with Gasteiger partial charge in [0.2, 0.25) is 5.91 Å². The lowest BCUT2D eigenvalue weighted by molar-refractivity contribution is -0.116. The minimum Gasteiger partial charge on any atom is -0.476 e. The highest BCUT2D eigenvalue weighted by atomic mass is 19.3. The normalized spacial score (nSPS) is 18.3. The number of carbonyl (C=O) groups is 2. The highest BCUT2D eigenvalue weighted by Gasteiger charge is 2.29. The Kier molecular flexibility index (Phi) is 8.21. The highest BCUT2D eigenvalue weighted by molar-refractivity contribution is 6.00. The number of aryl methyl sites for hydroxylation is 1. The number of benzene rings is 2. The van der Waals surface area contributed by atoms with Crippen LogP contribution in [0.15, 0.2) is 54.9 Å². The van der Waals surface area contributed by atoms with Crippen LogP contribution in [-0.2, 0) is 17.8 Å². The third kappa shape index (κ3) is 6.21. The highest BCUT2D eigenvalue weighted by Crippen LogP contribution is 2.45. The van der Waals surface area contributed by atoms with E-state index in [1.807, 2.05) is 42.1 Å². The number of carboxylic acids is 1. The monoisotopic (exact) mass is 642 g/mol. The van der Waals surface area contributed by atoms with Gasteiger partial charge >= 0.3 is 5.97 Å². The van der Waals surface area contributed by atoms with Crippen molar-refractivity contribution >= 4 is 40.4 Å². The summed E-state index contributed by atoms with van der Waals surface area (Å²) in [5.74, 6) is -0.167. The van der Waals surface area contributed by atoms with Crippen molar-refractivity contribution in [2.45, 2.75) is 58.0 Å². The number of carbonyl (C=O) groups excluding carboxylic acids is 1. The van der Waals surface area contributed by atoms with Crippen molar-refractivity contribution in [3.8, 4) is 11.1 Å². The molecule has 3 aliphatic heterocycles. The minimum atomic E-state index is -2.68. The van der Waals surface area contributed by atoms with Gasteiger partial charge in [0.25, 0.3) is 6.43 Å². The van der Waals surface area contributed by atoms with E-state index in [2.05, 4.69) is 35.7 Å². The number of halogens is 2. The zero-order chi connectivity index (χ0) is 32.7. The fourth-order valence-corrected chi connectivity index (χ4v) is 6.95. The van der Waals surface area contributed by atoms with Crippen LogP contribution in [-0.4, -0.2) is 62.6 Å². The lowest BCUT2D eigenvalue weighted by Crippen LogP contribution is -2.35. The lowest BCUT2D eigenvalue weighted by Gasteiger charge is -2.34. The Morgan fingerprint density at radius 3 is 2.66 bits per heavy atom. The average Bonchev–Trinajstić information content (AvgIpc) is 3.46. The predicted molar refractivity (Wildman–Crippen MR) is 175 cm³/mol. The molecule has 0 spiro atoms. The largest absolute Gasteiger partial charge is 0.476 e. The van der Waals surface area contributed by atoms with E-state index in [0.717, 1.165) is 61.4 Å². The predicted octanol–water partition coefficient (Wildman–Crippen LogP) is 6.12. The van der Waals surface area contributed by atoms with Gasteiger partial charge in [-0.25, -0.2) is 13.6 Å². The molecule has 7 rings (SSSR count). The minimum absolute atomic E-state index is 0.0322. The second-order valence-electron chi connectivity index (χ2n) is 12.6. The molecule has 13 heteroatoms. The smallest absolute Gasteiger partial charge is 0.356 e. The maximum absolute atomic E-state index is 14.7. The number of anilines is 5. The van der Waals surface area contributed by atoms with E-state index >= 15 is 0 Å². The molecule has 0 saturated carbocycles. The van der Waals surface area contributed by atoms with Crippen molar-refractivity contribution in [2.24, 2.45) is 5.92 Å². The standard InChI is InChI=1S/C34H36F2N8O3/c1-20-14-31(45)39-26-5-2-6-28(32(26)38-20)44-11-3-4-22-15-24(25(33(35)36)16-29(22)44)23-17-37-43(19-23)18-21-9-12-42(13-10-21)30-8-7-27(34(46)47)40-41-30/h2,5-8,15-17,19-21,33,38H,3-4,9-14,18H2,1H3,(H,39,45)(H,46,47)/t20-/m1/s1. The van der Waals surface area contributed by atoms with E-state index in [4.69, 9.17) is 5.11 Å². The van der Waals surface area contributed by atoms with Gasteiger partial charge in [0.05, 0.1) is 23.3 Å². The van der Waals surface area contributed by atoms with Gasteiger partial charge < -0.3 is 25.5 Å². The number of rotatable bonds is 7. The van der Waals surface area contributed by atoms with Gasteiger partial charge in [-0.05, 0) is 86.1 Å². The van der Waals surface area contributed by atoms with Crippen LogP contribution in [0.1, 0.15) is 60.6 Å². The SMILES string of the molecule is C[C@@H]1CC(=O)Nc2cccc(N3CCCc4cc(-c5cnn(CC6CCN(c7ccc(C(=O)O)nn7)CC6)c5)c(C(F)F)cc43)c2N1. The van der Waals surface area contributed by atoms with Crippen molar-refractivity contribution in [1.29, 1.82) is 0 Å². The van der Waals surface area contributed by atoms with Gasteiger partial charge in [0.15, 0.2) is 11.5 Å². The van der Waals surface area contributed by atoms with Crippen LogP contribution in [0.5, 0.6) is 0 Å². The van der Waals surface area contributed by atoms with E-state index in [9.17, 15) is 18.4 Å². The number of aromatic nitrogens is 4. The Balaban J connectivity index is 1.10. The van der Waals surface area contributed by atoms with Crippen molar-refractivity contribution in [2.75, 3.05) is 40.1 Å². The van der Waals surface area contributed by atoms with Gasteiger partial charge in [-0.2, -0.15) is 5.10 Å². The Bertz CT molecular complexity index is 1800. The van der Waals surface area contributed by atoms with Crippen LogP contribution in [0.25, 0.3) is 11.1 Å². The average molecular weight is 643 g/mol. The molecule has 0 bridgehead atoms. The molecule has 5 heterocycles. The maximum Gasteiger partial charge on any atom is 0.356 e. The zero-order valence-electron chi connectivity index (χ0n) is 26.0. The molecule has 3 N–H and O–H groups in total. The fourth-order valence-electron chi connectivity index (χ4n) is 6.95. The summed E-state index contributed by atoms with van der Waals surface area (Å²) >= 11 is 0. The topological polar surface area (TPSA) is 129 Å². The summed E-state index contributed by atoms with van der Waals surface area (Å²) in [4.78, 5) is 27.6. The molecule has 11 nitrogen and oxygen atoms in total. The molecule has 3 aliphatic rings. The van der Waals surface area contributed by atoms with E-state index < -0.39 is 12.4 Å². The van der Waals surface area contributed by atoms with Crippen LogP contribution in [0, 0.1) is 5.92 Å². The number of piperidine rings is 1. The van der Waals surface area contributed by atoms with Gasteiger partial charge in [-0.15, -0.1) is 10.2 Å². The summed E-state index contributed by atoms with van der Waals surface area (Å²) < 4.78 is 31.3. The van der Waals surface area contributed by atoms with Gasteiger partial charge in [0, 0.05) is 61.7 Å². The quantitative estimate of drug-likeness (QED) is 0.218. The van der Waals surface area contributed by atoms with Gasteiger partial charge in [0.1, 0.15) is 0 Å². The first kappa shape index (κ1) is 30.6. The van der Waals surface area contributed by atoms with E-state index in [0.29, 0.717) is 48.1 Å². The van der Waals surface area contributed by atoms with Crippen LogP contribution in [0.3, 0.4) is 0 Å². The van der Waals surface area contributed by atoms with Crippen LogP contribution in [0.2, 0.25) is 0 Å². The summed E-state index contributed by atoms with van der Waals surface area (Å²) in [6.07, 6.45) is 4.60. The number of nitrogens with zero attached hydrogens (tertiary/aromatic N) is 6. The van der Waals surface area contributed by atoms with Crippen LogP contribution < -0.4 is 20.4 Å². The van der Waals surface area contributed by atoms with Crippen LogP contribution in [0.4, 0.5) is 37.3 Å². The second-order valence-corrected chi connectivity index (χ2v) is 12.6. The molecule has 47 heavy (non-hydrogen) atoms. The number of aromatic carboxylic acids is 1. The van der Waals surface area contributed by atoms with Gasteiger partial charge in [-0.3, -0.25) is 9.48 Å². The van der Waals surface area contributed by atoms with E-state index in [1.54, 1.807) is 18.3 Å². The number of carboxylic acid groups (broad SMARTS) is 1. The molecule has 2 aromatic heterocycles. The molecule has 0 aliphatic carbocycles. The zero-order valence-corrected chi connectivity index (χ0v) is 26.0. The van der Waals surface area contributed by atoms with Gasteiger partial charge in [-0.1, -0.05) is 6.07 Å². The molecular formula is C34H36F2N8O3. The molecule has 4 aromatic rings. The number of nitrogens with one attached hydrogen (secondary N) is 2. The molecule has 1 saturated heterocycles. The molecule has 1 fully saturated rings. The third-order valence-corrected chi connectivity index (χ3v) is 9.29. The summed E-state index contributed by atoms with van der Waals surface area (Å²) in [6, 6.07) is 12.3. The molecule has 2 aromatic carbocycles. The number of fused-ring (bicyclic) bond motifs is 2. The molecule has 1 amide bonds. The van der Waals surface area contributed by atoms with E-state index in [-0.39, 0.29) is 23.2 Å². The number of para-hydroxylation sites is 1. The third-order valence-electron chi connectivity index (χ3n) is 9.29. The van der Waals surface area contributed by atoms with Crippen molar-refractivity contribution in [1.82, 2.24) is 20.0 Å². The fraction of sp³-hybridized carbons (Fsp3) is 0.382. The summed E-state index contributed by atoms with van der Waals surface area (Å²) in [7, 11) is 0. The van der Waals surface area contributed by atoms with E-state index in [1.165, 1.54) is 6.07 Å². The molecule has 0 unspecified atom stereocenters. The first-order valence-corrected chi connectivity index (χ1v) is 16.0.